The van der Waals surface area contributed by atoms with Gasteiger partial charge in [0.05, 0.1) is 0 Å². The lowest BCUT2D eigenvalue weighted by atomic mass is 10.0. The lowest BCUT2D eigenvalue weighted by molar-refractivity contribution is 0.620. The van der Waals surface area contributed by atoms with E-state index in [1.807, 2.05) is 78.9 Å². The Bertz CT molecular complexity index is 2780. The van der Waals surface area contributed by atoms with E-state index < -0.39 is 0 Å². The third-order valence-corrected chi connectivity index (χ3v) is 9.71. The molecular weight excluding hydrogens is 601 g/mol. The summed E-state index contributed by atoms with van der Waals surface area (Å²) in [4.78, 5) is 20.1. The molecule has 0 saturated heterocycles. The van der Waals surface area contributed by atoms with E-state index in [-0.39, 0.29) is 0 Å². The summed E-state index contributed by atoms with van der Waals surface area (Å²) in [6.45, 7) is 0. The topological polar surface area (TPSA) is 77.8 Å². The standard InChI is InChI=1S/C40H22N4O2S/c1-2-10-23(11-3-1)37-42-38(24-20-21-26-25-12-4-6-16-30(25)45-32(26)22-24)44-39(43-37)27-13-8-18-33-35(27)36-28(14-9-19-34(36)47-33)40-41-29-15-5-7-17-31(29)46-40/h1-22H. The first-order valence-electron chi connectivity index (χ1n) is 15.3. The van der Waals surface area contributed by atoms with Crippen molar-refractivity contribution in [3.8, 4) is 45.6 Å². The van der Waals surface area contributed by atoms with Crippen molar-refractivity contribution >= 4 is 64.5 Å². The van der Waals surface area contributed by atoms with Gasteiger partial charge in [0.25, 0.3) is 0 Å². The zero-order valence-corrected chi connectivity index (χ0v) is 25.5. The number of oxazole rings is 1. The summed E-state index contributed by atoms with van der Waals surface area (Å²) in [6, 6.07) is 44.7. The molecule has 0 bridgehead atoms. The Labute approximate surface area is 271 Å². The van der Waals surface area contributed by atoms with Crippen LogP contribution >= 0.6 is 11.3 Å². The normalized spacial score (nSPS) is 11.8. The molecule has 0 spiro atoms. The molecule has 47 heavy (non-hydrogen) atoms. The fraction of sp³-hybridized carbons (Fsp3) is 0. The van der Waals surface area contributed by atoms with Gasteiger partial charge in [-0.15, -0.1) is 11.3 Å². The summed E-state index contributed by atoms with van der Waals surface area (Å²) in [5, 5.41) is 4.28. The number of rotatable bonds is 4. The molecule has 0 amide bonds. The first-order chi connectivity index (χ1) is 23.3. The van der Waals surface area contributed by atoms with Crippen molar-refractivity contribution in [2.75, 3.05) is 0 Å². The van der Waals surface area contributed by atoms with Crippen molar-refractivity contribution < 1.29 is 8.83 Å². The minimum absolute atomic E-state index is 0.576. The van der Waals surface area contributed by atoms with Crippen LogP contribution in [0.2, 0.25) is 0 Å². The monoisotopic (exact) mass is 622 g/mol. The summed E-state index contributed by atoms with van der Waals surface area (Å²) < 4.78 is 14.8. The van der Waals surface area contributed by atoms with Gasteiger partial charge in [-0.1, -0.05) is 84.9 Å². The predicted octanol–water partition coefficient (Wildman–Crippen LogP) is 10.9. The van der Waals surface area contributed by atoms with Gasteiger partial charge in [-0.05, 0) is 48.5 Å². The number of para-hydroxylation sites is 3. The summed E-state index contributed by atoms with van der Waals surface area (Å²) in [5.41, 5.74) is 6.86. The molecule has 0 N–H and O–H groups in total. The highest BCUT2D eigenvalue weighted by molar-refractivity contribution is 7.26. The van der Waals surface area contributed by atoms with E-state index in [1.165, 1.54) is 0 Å². The summed E-state index contributed by atoms with van der Waals surface area (Å²) in [5.74, 6) is 2.36. The van der Waals surface area contributed by atoms with Gasteiger partial charge in [0.2, 0.25) is 5.89 Å². The van der Waals surface area contributed by atoms with Gasteiger partial charge < -0.3 is 8.83 Å². The number of fused-ring (bicyclic) bond motifs is 7. The lowest BCUT2D eigenvalue weighted by Crippen LogP contribution is -2.00. The Hall–Kier alpha value is -6.18. The molecule has 10 rings (SSSR count). The Morgan fingerprint density at radius 2 is 1.09 bits per heavy atom. The van der Waals surface area contributed by atoms with Crippen LogP contribution in [0.1, 0.15) is 0 Å². The fourth-order valence-electron chi connectivity index (χ4n) is 6.43. The van der Waals surface area contributed by atoms with E-state index in [1.54, 1.807) is 11.3 Å². The van der Waals surface area contributed by atoms with E-state index in [4.69, 9.17) is 28.8 Å². The molecule has 0 aliphatic rings. The van der Waals surface area contributed by atoms with Gasteiger partial charge >= 0.3 is 0 Å². The van der Waals surface area contributed by atoms with E-state index in [0.717, 1.165) is 75.5 Å². The Morgan fingerprint density at radius 3 is 1.91 bits per heavy atom. The molecule has 4 aromatic heterocycles. The molecular formula is C40H22N4O2S. The minimum atomic E-state index is 0.576. The smallest absolute Gasteiger partial charge is 0.227 e. The highest BCUT2D eigenvalue weighted by Gasteiger charge is 2.21. The van der Waals surface area contributed by atoms with Gasteiger partial charge in [-0.2, -0.15) is 0 Å². The molecule has 0 fully saturated rings. The largest absolute Gasteiger partial charge is 0.456 e. The first-order valence-corrected chi connectivity index (χ1v) is 16.1. The highest BCUT2D eigenvalue weighted by atomic mass is 32.1. The van der Waals surface area contributed by atoms with Crippen LogP contribution in [0.3, 0.4) is 0 Å². The second-order valence-electron chi connectivity index (χ2n) is 11.4. The van der Waals surface area contributed by atoms with Crippen molar-refractivity contribution in [2.24, 2.45) is 0 Å². The van der Waals surface area contributed by atoms with Crippen molar-refractivity contribution in [2.45, 2.75) is 0 Å². The number of hydrogen-bond donors (Lipinski definition) is 0. The van der Waals surface area contributed by atoms with Crippen molar-refractivity contribution in [3.63, 3.8) is 0 Å². The van der Waals surface area contributed by atoms with Gasteiger partial charge in [-0.25, -0.2) is 19.9 Å². The Morgan fingerprint density at radius 1 is 0.426 bits per heavy atom. The molecule has 7 heteroatoms. The minimum Gasteiger partial charge on any atom is -0.456 e. The van der Waals surface area contributed by atoms with Gasteiger partial charge in [-0.3, -0.25) is 0 Å². The Kier molecular flexibility index (Phi) is 5.64. The quantitative estimate of drug-likeness (QED) is 0.194. The second kappa shape index (κ2) is 10.2. The van der Waals surface area contributed by atoms with Crippen molar-refractivity contribution in [1.82, 2.24) is 19.9 Å². The maximum Gasteiger partial charge on any atom is 0.227 e. The lowest BCUT2D eigenvalue weighted by Gasteiger charge is -2.10. The van der Waals surface area contributed by atoms with Crippen LogP contribution in [-0.2, 0) is 0 Å². The Balaban J connectivity index is 1.23. The zero-order valence-electron chi connectivity index (χ0n) is 24.7. The molecule has 10 aromatic rings. The molecule has 0 saturated carbocycles. The zero-order chi connectivity index (χ0) is 30.9. The van der Waals surface area contributed by atoms with Crippen LogP contribution in [0.5, 0.6) is 0 Å². The third-order valence-electron chi connectivity index (χ3n) is 8.59. The van der Waals surface area contributed by atoms with Crippen LogP contribution in [0, 0.1) is 0 Å². The fourth-order valence-corrected chi connectivity index (χ4v) is 7.58. The van der Waals surface area contributed by atoms with Gasteiger partial charge in [0, 0.05) is 53.2 Å². The third kappa shape index (κ3) is 4.17. The van der Waals surface area contributed by atoms with E-state index in [9.17, 15) is 0 Å². The predicted molar refractivity (Wildman–Crippen MR) is 189 cm³/mol. The number of benzene rings is 6. The molecule has 0 unspecified atom stereocenters. The first kappa shape index (κ1) is 26.1. The van der Waals surface area contributed by atoms with Crippen LogP contribution in [0.4, 0.5) is 0 Å². The molecule has 220 valence electrons. The van der Waals surface area contributed by atoms with E-state index >= 15 is 0 Å². The second-order valence-corrected chi connectivity index (χ2v) is 12.5. The molecule has 0 aliphatic carbocycles. The van der Waals surface area contributed by atoms with E-state index in [2.05, 4.69) is 54.6 Å². The average Bonchev–Trinajstić information content (AvgIpc) is 3.84. The highest BCUT2D eigenvalue weighted by Crippen LogP contribution is 2.44. The van der Waals surface area contributed by atoms with Crippen molar-refractivity contribution in [3.05, 3.63) is 133 Å². The van der Waals surface area contributed by atoms with Gasteiger partial charge in [0.1, 0.15) is 16.7 Å². The molecule has 6 nitrogen and oxygen atoms in total. The molecule has 0 radical (unpaired) electrons. The molecule has 4 heterocycles. The van der Waals surface area contributed by atoms with Crippen LogP contribution in [-0.4, -0.2) is 19.9 Å². The maximum atomic E-state index is 6.28. The van der Waals surface area contributed by atoms with Gasteiger partial charge in [0.15, 0.2) is 23.1 Å². The van der Waals surface area contributed by atoms with Crippen LogP contribution in [0.15, 0.2) is 142 Å². The maximum absolute atomic E-state index is 6.28. The number of furan rings is 1. The number of aromatic nitrogens is 4. The molecule has 0 aliphatic heterocycles. The summed E-state index contributed by atoms with van der Waals surface area (Å²) >= 11 is 1.74. The SMILES string of the molecule is c1ccc(-c2nc(-c3ccc4c(c3)oc3ccccc34)nc(-c3cccc4sc5cccc(-c6nc7ccccc7o6)c5c34)n2)cc1. The van der Waals surface area contributed by atoms with Crippen LogP contribution < -0.4 is 0 Å². The summed E-state index contributed by atoms with van der Waals surface area (Å²) in [6.07, 6.45) is 0. The number of nitrogens with zero attached hydrogens (tertiary/aromatic N) is 4. The summed E-state index contributed by atoms with van der Waals surface area (Å²) in [7, 11) is 0. The molecule has 6 aromatic carbocycles. The van der Waals surface area contributed by atoms with Crippen LogP contribution in [0.25, 0.3) is 98.8 Å². The number of thiophene rings is 1. The average molecular weight is 623 g/mol. The number of hydrogen-bond acceptors (Lipinski definition) is 7. The van der Waals surface area contributed by atoms with E-state index in [0.29, 0.717) is 23.4 Å². The molecule has 0 atom stereocenters. The van der Waals surface area contributed by atoms with Crippen molar-refractivity contribution in [1.29, 1.82) is 0 Å².